The van der Waals surface area contributed by atoms with E-state index in [1.54, 1.807) is 7.05 Å². The second kappa shape index (κ2) is 5.65. The predicted molar refractivity (Wildman–Crippen MR) is 84.1 cm³/mol. The molecule has 1 amide bonds. The Bertz CT molecular complexity index is 640. The van der Waals surface area contributed by atoms with Crippen molar-refractivity contribution in [3.05, 3.63) is 18.0 Å². The predicted octanol–water partition coefficient (Wildman–Crippen LogP) is 2.90. The Hall–Kier alpha value is -1.01. The molecule has 0 fully saturated rings. The Balaban J connectivity index is 2.98. The lowest BCUT2D eigenvalue weighted by Gasteiger charge is -2.33. The molecule has 0 unspecified atom stereocenters. The highest BCUT2D eigenvalue weighted by molar-refractivity contribution is 8.13. The number of halogens is 1. The van der Waals surface area contributed by atoms with Gasteiger partial charge in [-0.1, -0.05) is 20.8 Å². The molecule has 120 valence electrons. The number of carbonyl (C=O) groups is 1. The lowest BCUT2D eigenvalue weighted by atomic mass is 9.82. The highest BCUT2D eigenvalue weighted by atomic mass is 35.7. The smallest absolute Gasteiger partial charge is 0.268 e. The fourth-order valence-electron chi connectivity index (χ4n) is 2.63. The molecule has 1 N–H and O–H groups in total. The van der Waals surface area contributed by atoms with E-state index in [0.29, 0.717) is 0 Å². The van der Waals surface area contributed by atoms with Crippen molar-refractivity contribution < 1.29 is 13.2 Å². The highest BCUT2D eigenvalue weighted by Crippen LogP contribution is 2.27. The molecule has 0 atom stereocenters. The summed E-state index contributed by atoms with van der Waals surface area (Å²) in [5.41, 5.74) is -0.0777. The molecule has 21 heavy (non-hydrogen) atoms. The van der Waals surface area contributed by atoms with Crippen LogP contribution in [-0.2, 0) is 16.1 Å². The van der Waals surface area contributed by atoms with Crippen molar-refractivity contribution in [2.45, 2.75) is 51.5 Å². The molecule has 7 heteroatoms. The van der Waals surface area contributed by atoms with E-state index in [1.165, 1.54) is 16.8 Å². The van der Waals surface area contributed by atoms with Gasteiger partial charge in [0.05, 0.1) is 0 Å². The van der Waals surface area contributed by atoms with Crippen molar-refractivity contribution >= 4 is 25.6 Å². The Labute approximate surface area is 131 Å². The molecule has 0 saturated carbocycles. The maximum Gasteiger partial charge on any atom is 0.268 e. The van der Waals surface area contributed by atoms with E-state index in [2.05, 4.69) is 26.1 Å². The number of nitrogens with zero attached hydrogens (tertiary/aromatic N) is 1. The van der Waals surface area contributed by atoms with Crippen LogP contribution in [0.5, 0.6) is 0 Å². The molecule has 0 aromatic carbocycles. The highest BCUT2D eigenvalue weighted by Gasteiger charge is 2.28. The largest absolute Gasteiger partial charge is 0.346 e. The van der Waals surface area contributed by atoms with Gasteiger partial charge in [-0.3, -0.25) is 4.79 Å². The summed E-state index contributed by atoms with van der Waals surface area (Å²) >= 11 is 0. The molecule has 5 nitrogen and oxygen atoms in total. The standard InChI is InChI=1S/C14H23ClN2O3S/c1-13(2,3)9-14(4,5)16-12(18)11-7-10(8-17(11)6)21(15,19)20/h7-8H,9H2,1-6H3,(H,16,18). The number of aromatic nitrogens is 1. The summed E-state index contributed by atoms with van der Waals surface area (Å²) in [6, 6.07) is 1.28. The van der Waals surface area contributed by atoms with E-state index in [0.717, 1.165) is 6.42 Å². The third-order valence-corrected chi connectivity index (χ3v) is 4.24. The molecular weight excluding hydrogens is 312 g/mol. The average Bonchev–Trinajstić information content (AvgIpc) is 2.54. The molecule has 1 heterocycles. The number of amides is 1. The number of carbonyl (C=O) groups excluding carboxylic acids is 1. The van der Waals surface area contributed by atoms with Crippen LogP contribution in [0.4, 0.5) is 0 Å². The van der Waals surface area contributed by atoms with Crippen LogP contribution in [0.3, 0.4) is 0 Å². The molecule has 1 aromatic rings. The molecule has 0 aliphatic heterocycles. The second-order valence-electron chi connectivity index (χ2n) is 7.19. The zero-order valence-corrected chi connectivity index (χ0v) is 14.9. The van der Waals surface area contributed by atoms with Gasteiger partial charge in [0.25, 0.3) is 15.0 Å². The van der Waals surface area contributed by atoms with Crippen molar-refractivity contribution in [2.24, 2.45) is 12.5 Å². The lowest BCUT2D eigenvalue weighted by Crippen LogP contribution is -2.46. The van der Waals surface area contributed by atoms with E-state index in [1.807, 2.05) is 13.8 Å². The lowest BCUT2D eigenvalue weighted by molar-refractivity contribution is 0.0883. The number of hydrogen-bond donors (Lipinski definition) is 1. The average molecular weight is 335 g/mol. The first-order chi connectivity index (χ1) is 9.21. The first kappa shape index (κ1) is 18.0. The first-order valence-corrected chi connectivity index (χ1v) is 8.96. The van der Waals surface area contributed by atoms with Crippen molar-refractivity contribution in [1.29, 1.82) is 0 Å². The molecule has 0 bridgehead atoms. The summed E-state index contributed by atoms with van der Waals surface area (Å²) in [7, 11) is 3.07. The topological polar surface area (TPSA) is 68.2 Å². The zero-order valence-electron chi connectivity index (χ0n) is 13.3. The summed E-state index contributed by atoms with van der Waals surface area (Å²) in [4.78, 5) is 12.3. The van der Waals surface area contributed by atoms with Crippen LogP contribution in [0.15, 0.2) is 17.2 Å². The van der Waals surface area contributed by atoms with Crippen molar-refractivity contribution in [3.63, 3.8) is 0 Å². The van der Waals surface area contributed by atoms with E-state index < -0.39 is 14.6 Å². The quantitative estimate of drug-likeness (QED) is 0.861. The van der Waals surface area contributed by atoms with Crippen LogP contribution >= 0.6 is 10.7 Å². The SMILES string of the molecule is Cn1cc(S(=O)(=O)Cl)cc1C(=O)NC(C)(C)CC(C)(C)C. The van der Waals surface area contributed by atoms with E-state index in [9.17, 15) is 13.2 Å². The van der Waals surface area contributed by atoms with Gasteiger partial charge in [0.15, 0.2) is 0 Å². The van der Waals surface area contributed by atoms with Crippen LogP contribution in [0.25, 0.3) is 0 Å². The Kier molecular flexibility index (Phi) is 4.85. The second-order valence-corrected chi connectivity index (χ2v) is 9.75. The van der Waals surface area contributed by atoms with Gasteiger partial charge in [-0.15, -0.1) is 0 Å². The van der Waals surface area contributed by atoms with Gasteiger partial charge in [-0.2, -0.15) is 0 Å². The van der Waals surface area contributed by atoms with Crippen LogP contribution in [0, 0.1) is 5.41 Å². The van der Waals surface area contributed by atoms with E-state index >= 15 is 0 Å². The first-order valence-electron chi connectivity index (χ1n) is 6.65. The molecule has 0 aliphatic rings. The third-order valence-electron chi connectivity index (χ3n) is 2.92. The zero-order chi connectivity index (χ0) is 16.6. The van der Waals surface area contributed by atoms with Gasteiger partial charge in [0.1, 0.15) is 10.6 Å². The van der Waals surface area contributed by atoms with E-state index in [-0.39, 0.29) is 21.9 Å². The van der Waals surface area contributed by atoms with E-state index in [4.69, 9.17) is 10.7 Å². The molecule has 1 rings (SSSR count). The maximum atomic E-state index is 12.3. The van der Waals surface area contributed by atoms with Crippen LogP contribution in [0.1, 0.15) is 51.5 Å². The number of aryl methyl sites for hydroxylation is 1. The summed E-state index contributed by atoms with van der Waals surface area (Å²) in [6.45, 7) is 10.2. The summed E-state index contributed by atoms with van der Waals surface area (Å²) in [6.07, 6.45) is 2.12. The molecule has 1 aromatic heterocycles. The normalized spacial score (nSPS) is 13.3. The van der Waals surface area contributed by atoms with Gasteiger partial charge < -0.3 is 9.88 Å². The van der Waals surface area contributed by atoms with Gasteiger partial charge in [-0.05, 0) is 31.7 Å². The molecule has 0 spiro atoms. The summed E-state index contributed by atoms with van der Waals surface area (Å²) in [5.74, 6) is -0.321. The Morgan fingerprint density at radius 1 is 1.29 bits per heavy atom. The minimum Gasteiger partial charge on any atom is -0.346 e. The van der Waals surface area contributed by atoms with Crippen molar-refractivity contribution in [3.8, 4) is 0 Å². The fraction of sp³-hybridized carbons (Fsp3) is 0.643. The maximum absolute atomic E-state index is 12.3. The van der Waals surface area contributed by atoms with Crippen molar-refractivity contribution in [2.75, 3.05) is 0 Å². The molecule has 0 saturated heterocycles. The van der Waals surface area contributed by atoms with Crippen LogP contribution in [-0.4, -0.2) is 24.4 Å². The Morgan fingerprint density at radius 2 is 1.81 bits per heavy atom. The van der Waals surface area contributed by atoms with Gasteiger partial charge >= 0.3 is 0 Å². The molecule has 0 aliphatic carbocycles. The fourth-order valence-corrected chi connectivity index (χ4v) is 3.42. The molecule has 0 radical (unpaired) electrons. The van der Waals surface area contributed by atoms with Crippen molar-refractivity contribution in [1.82, 2.24) is 9.88 Å². The van der Waals surface area contributed by atoms with Gasteiger partial charge in [-0.25, -0.2) is 8.42 Å². The molecular formula is C14H23ClN2O3S. The number of nitrogens with one attached hydrogen (secondary N) is 1. The third kappa shape index (κ3) is 5.36. The number of rotatable bonds is 4. The number of hydrogen-bond acceptors (Lipinski definition) is 3. The van der Waals surface area contributed by atoms with Gasteiger partial charge in [0, 0.05) is 29.5 Å². The van der Waals surface area contributed by atoms with Crippen LogP contribution < -0.4 is 5.32 Å². The van der Waals surface area contributed by atoms with Crippen LogP contribution in [0.2, 0.25) is 0 Å². The summed E-state index contributed by atoms with van der Waals surface area (Å²) in [5, 5.41) is 2.94. The monoisotopic (exact) mass is 334 g/mol. The van der Waals surface area contributed by atoms with Gasteiger partial charge in [0.2, 0.25) is 0 Å². The summed E-state index contributed by atoms with van der Waals surface area (Å²) < 4.78 is 24.1. The minimum absolute atomic E-state index is 0.0651. The minimum atomic E-state index is -3.84. The Morgan fingerprint density at radius 3 is 2.19 bits per heavy atom.